The number of carbonyl (C=O) groups excluding carboxylic acids is 1. The average Bonchev–Trinajstić information content (AvgIpc) is 3.22. The summed E-state index contributed by atoms with van der Waals surface area (Å²) in [5.74, 6) is -1.44. The third-order valence-electron chi connectivity index (χ3n) is 4.34. The highest BCUT2D eigenvalue weighted by molar-refractivity contribution is 5.82. The van der Waals surface area contributed by atoms with Gasteiger partial charge in [0.15, 0.2) is 0 Å². The van der Waals surface area contributed by atoms with E-state index in [1.54, 1.807) is 6.92 Å². The first-order valence-electron chi connectivity index (χ1n) is 8.39. The summed E-state index contributed by atoms with van der Waals surface area (Å²) >= 11 is 0. The summed E-state index contributed by atoms with van der Waals surface area (Å²) in [4.78, 5) is 18.7. The number of nitrogens with zero attached hydrogens (tertiary/aromatic N) is 4. The lowest BCUT2D eigenvalue weighted by molar-refractivity contribution is -0.145. The molecule has 2 aromatic heterocycles. The van der Waals surface area contributed by atoms with Crippen molar-refractivity contribution in [2.45, 2.75) is 44.3 Å². The average molecular weight is 402 g/mol. The molecule has 1 amide bonds. The molecule has 0 aliphatic carbocycles. The largest absolute Gasteiger partial charge is 0.480 e. The van der Waals surface area contributed by atoms with Crippen molar-refractivity contribution in [2.24, 2.45) is 0 Å². The summed E-state index contributed by atoms with van der Waals surface area (Å²) in [6.07, 6.45) is -2.20. The Morgan fingerprint density at radius 1 is 1.39 bits per heavy atom. The lowest BCUT2D eigenvalue weighted by atomic mass is 10.1. The van der Waals surface area contributed by atoms with Crippen molar-refractivity contribution in [1.29, 1.82) is 0 Å². The molecule has 0 unspecified atom stereocenters. The Bertz CT molecular complexity index is 829. The minimum Gasteiger partial charge on any atom is -0.480 e. The van der Waals surface area contributed by atoms with Crippen LogP contribution in [0, 0.1) is 0 Å². The van der Waals surface area contributed by atoms with E-state index in [2.05, 4.69) is 25.7 Å². The van der Waals surface area contributed by atoms with Crippen molar-refractivity contribution in [3.05, 3.63) is 30.0 Å². The quantitative estimate of drug-likeness (QED) is 0.735. The molecule has 3 heterocycles. The zero-order valence-electron chi connectivity index (χ0n) is 15.0. The number of methoxy groups -OCH3 is 1. The predicted octanol–water partition coefficient (Wildman–Crippen LogP) is 1.39. The zero-order chi connectivity index (χ0) is 20.5. The van der Waals surface area contributed by atoms with Crippen LogP contribution in [0.2, 0.25) is 0 Å². The summed E-state index contributed by atoms with van der Waals surface area (Å²) < 4.78 is 57.6. The Morgan fingerprint density at radius 2 is 2.07 bits per heavy atom. The van der Waals surface area contributed by atoms with Gasteiger partial charge in [0.2, 0.25) is 17.6 Å². The van der Waals surface area contributed by atoms with Crippen LogP contribution in [0.25, 0.3) is 5.69 Å². The first kappa shape index (κ1) is 20.0. The molecule has 8 nitrogen and oxygen atoms in total. The molecule has 2 aromatic rings. The highest BCUT2D eigenvalue weighted by atomic mass is 19.4. The van der Waals surface area contributed by atoms with Gasteiger partial charge in [-0.3, -0.25) is 4.79 Å². The number of nitrogens with one attached hydrogen (secondary N) is 2. The van der Waals surface area contributed by atoms with Gasteiger partial charge in [-0.05, 0) is 6.92 Å². The number of hydrogen-bond acceptors (Lipinski definition) is 6. The Balaban J connectivity index is 1.70. The summed E-state index contributed by atoms with van der Waals surface area (Å²) in [6, 6.07) is -1.03. The highest BCUT2D eigenvalue weighted by Gasteiger charge is 2.35. The fourth-order valence-corrected chi connectivity index (χ4v) is 2.81. The monoisotopic (exact) mass is 402 g/mol. The fourth-order valence-electron chi connectivity index (χ4n) is 2.81. The number of carbonyl (C=O) groups is 1. The van der Waals surface area contributed by atoms with Gasteiger partial charge in [-0.15, -0.1) is 5.10 Å². The topological polar surface area (TPSA) is 94.0 Å². The standard InChI is InChI=1S/C16H18F4N6O2/c1-8-11(17)3-12(24-8)13(27)21-4-9-7-26(25-14(9)28-2)10-5-22-15(23-6-10)16(18,19)20/h5-8,11-12,24H,3-4H2,1-2H3,(H,21,27)/t8-,11+,12-/m0/s1. The molecular weight excluding hydrogens is 384 g/mol. The second-order valence-electron chi connectivity index (χ2n) is 6.35. The van der Waals surface area contributed by atoms with Gasteiger partial charge < -0.3 is 15.4 Å². The molecule has 3 atom stereocenters. The van der Waals surface area contributed by atoms with Crippen LogP contribution in [-0.2, 0) is 17.5 Å². The van der Waals surface area contributed by atoms with Gasteiger partial charge >= 0.3 is 6.18 Å². The van der Waals surface area contributed by atoms with Gasteiger partial charge in [0.1, 0.15) is 11.9 Å². The van der Waals surface area contributed by atoms with E-state index in [1.807, 2.05) is 0 Å². The first-order chi connectivity index (χ1) is 13.2. The molecule has 1 fully saturated rings. The Kier molecular flexibility index (Phi) is 5.49. The maximum Gasteiger partial charge on any atom is 0.451 e. The molecule has 1 saturated heterocycles. The number of alkyl halides is 4. The summed E-state index contributed by atoms with van der Waals surface area (Å²) in [7, 11) is 1.37. The van der Waals surface area contributed by atoms with E-state index in [-0.39, 0.29) is 30.4 Å². The zero-order valence-corrected chi connectivity index (χ0v) is 15.0. The molecule has 152 valence electrons. The molecule has 12 heteroatoms. The van der Waals surface area contributed by atoms with E-state index < -0.39 is 30.3 Å². The minimum atomic E-state index is -4.64. The van der Waals surface area contributed by atoms with Gasteiger partial charge in [-0.1, -0.05) is 0 Å². The second kappa shape index (κ2) is 7.70. The third-order valence-corrected chi connectivity index (χ3v) is 4.34. The van der Waals surface area contributed by atoms with Crippen molar-refractivity contribution in [3.63, 3.8) is 0 Å². The van der Waals surface area contributed by atoms with Crippen LogP contribution in [0.5, 0.6) is 5.88 Å². The Labute approximate surface area is 157 Å². The van der Waals surface area contributed by atoms with Gasteiger partial charge in [0.25, 0.3) is 0 Å². The van der Waals surface area contributed by atoms with Crippen LogP contribution < -0.4 is 15.4 Å². The van der Waals surface area contributed by atoms with Crippen molar-refractivity contribution in [1.82, 2.24) is 30.4 Å². The van der Waals surface area contributed by atoms with Crippen LogP contribution in [0.3, 0.4) is 0 Å². The number of aromatic nitrogens is 4. The minimum absolute atomic E-state index is 0.0486. The van der Waals surface area contributed by atoms with Gasteiger partial charge in [0, 0.05) is 25.2 Å². The predicted molar refractivity (Wildman–Crippen MR) is 88.5 cm³/mol. The molecule has 0 spiro atoms. The van der Waals surface area contributed by atoms with Crippen LogP contribution in [0.4, 0.5) is 17.6 Å². The van der Waals surface area contributed by atoms with Crippen molar-refractivity contribution in [2.75, 3.05) is 7.11 Å². The molecule has 1 aliphatic heterocycles. The first-order valence-corrected chi connectivity index (χ1v) is 8.39. The van der Waals surface area contributed by atoms with E-state index in [9.17, 15) is 22.4 Å². The van der Waals surface area contributed by atoms with Gasteiger partial charge in [-0.25, -0.2) is 19.0 Å². The fraction of sp³-hybridized carbons (Fsp3) is 0.500. The molecule has 3 rings (SSSR count). The molecule has 1 aliphatic rings. The van der Waals surface area contributed by atoms with E-state index in [4.69, 9.17) is 4.74 Å². The lowest BCUT2D eigenvalue weighted by Gasteiger charge is -2.11. The van der Waals surface area contributed by atoms with E-state index in [1.165, 1.54) is 18.0 Å². The smallest absolute Gasteiger partial charge is 0.451 e. The molecular formula is C16H18F4N6O2. The van der Waals surface area contributed by atoms with Crippen LogP contribution in [0.1, 0.15) is 24.7 Å². The number of hydrogen-bond donors (Lipinski definition) is 2. The number of rotatable bonds is 5. The van der Waals surface area contributed by atoms with E-state index in [0.717, 1.165) is 12.4 Å². The lowest BCUT2D eigenvalue weighted by Crippen LogP contribution is -2.41. The van der Waals surface area contributed by atoms with E-state index >= 15 is 0 Å². The number of ether oxygens (including phenoxy) is 1. The maximum atomic E-state index is 13.5. The van der Waals surface area contributed by atoms with Gasteiger partial charge in [0.05, 0.1) is 31.1 Å². The summed E-state index contributed by atoms with van der Waals surface area (Å²) in [5.41, 5.74) is 0.675. The molecule has 0 radical (unpaired) electrons. The van der Waals surface area contributed by atoms with Crippen LogP contribution in [0.15, 0.2) is 18.6 Å². The van der Waals surface area contributed by atoms with Crippen molar-refractivity contribution in [3.8, 4) is 11.6 Å². The van der Waals surface area contributed by atoms with Gasteiger partial charge in [-0.2, -0.15) is 13.2 Å². The third kappa shape index (κ3) is 4.21. The SMILES string of the molecule is COc1nn(-c2cnc(C(F)(F)F)nc2)cc1CNC(=O)[C@@H]1C[C@@H](F)[C@H](C)N1. The number of halogens is 4. The molecule has 2 N–H and O–H groups in total. The van der Waals surface area contributed by atoms with Crippen molar-refractivity contribution < 1.29 is 27.1 Å². The Hall–Kier alpha value is -2.76. The summed E-state index contributed by atoms with van der Waals surface area (Å²) in [6.45, 7) is 1.71. The van der Waals surface area contributed by atoms with Crippen LogP contribution in [-0.4, -0.2) is 51.0 Å². The van der Waals surface area contributed by atoms with Crippen molar-refractivity contribution >= 4 is 5.91 Å². The maximum absolute atomic E-state index is 13.5. The molecule has 0 saturated carbocycles. The molecule has 0 bridgehead atoms. The normalized spacial score (nSPS) is 22.3. The second-order valence-corrected chi connectivity index (χ2v) is 6.35. The number of amides is 1. The van der Waals surface area contributed by atoms with E-state index in [0.29, 0.717) is 5.56 Å². The Morgan fingerprint density at radius 3 is 2.61 bits per heavy atom. The highest BCUT2D eigenvalue weighted by Crippen LogP contribution is 2.26. The molecule has 28 heavy (non-hydrogen) atoms. The summed E-state index contributed by atoms with van der Waals surface area (Å²) in [5, 5.41) is 9.63. The van der Waals surface area contributed by atoms with Crippen LogP contribution >= 0.6 is 0 Å². The molecule has 0 aromatic carbocycles.